The molecule has 0 fully saturated rings. The molecular formula is C6H5LiN2O5S. The number of hydrogen-bond acceptors (Lipinski definition) is 6. The van der Waals surface area contributed by atoms with E-state index in [1.807, 2.05) is 0 Å². The Kier molecular flexibility index (Phi) is 4.30. The van der Waals surface area contributed by atoms with Gasteiger partial charge in [-0.05, 0) is 6.07 Å². The van der Waals surface area contributed by atoms with Crippen molar-refractivity contribution in [1.82, 2.24) is 0 Å². The van der Waals surface area contributed by atoms with Crippen molar-refractivity contribution in [1.29, 1.82) is 0 Å². The molecule has 1 rings (SSSR count). The molecule has 0 spiro atoms. The van der Waals surface area contributed by atoms with Crippen molar-refractivity contribution in [2.75, 3.05) is 5.73 Å². The van der Waals surface area contributed by atoms with E-state index < -0.39 is 25.6 Å². The molecule has 76 valence electrons. The first-order chi connectivity index (χ1) is 6.32. The largest absolute Gasteiger partial charge is 1.00 e. The SMILES string of the molecule is Nc1ccc([N+](=O)[O-])cc1S(=O)(=O)[O-].[Li+]. The number of anilines is 1. The molecule has 0 unspecified atom stereocenters. The van der Waals surface area contributed by atoms with Crippen LogP contribution in [0.25, 0.3) is 0 Å². The molecular weight excluding hydrogens is 219 g/mol. The summed E-state index contributed by atoms with van der Waals surface area (Å²) in [5, 5.41) is 10.3. The van der Waals surface area contributed by atoms with Crippen molar-refractivity contribution in [3.05, 3.63) is 28.3 Å². The Labute approximate surface area is 97.4 Å². The fourth-order valence-corrected chi connectivity index (χ4v) is 1.47. The predicted molar refractivity (Wildman–Crippen MR) is 45.5 cm³/mol. The van der Waals surface area contributed by atoms with Crippen LogP contribution in [-0.4, -0.2) is 17.9 Å². The molecule has 0 heterocycles. The quantitative estimate of drug-likeness (QED) is 0.188. The van der Waals surface area contributed by atoms with Gasteiger partial charge in [0.05, 0.1) is 9.82 Å². The minimum absolute atomic E-state index is 0. The number of nitro benzene ring substituents is 1. The summed E-state index contributed by atoms with van der Waals surface area (Å²) < 4.78 is 31.7. The maximum absolute atomic E-state index is 10.6. The molecule has 0 amide bonds. The van der Waals surface area contributed by atoms with Crippen molar-refractivity contribution in [3.8, 4) is 0 Å². The second-order valence-electron chi connectivity index (χ2n) is 2.43. The maximum Gasteiger partial charge on any atom is 1.00 e. The van der Waals surface area contributed by atoms with Gasteiger partial charge in [0.15, 0.2) is 0 Å². The smallest absolute Gasteiger partial charge is 0.744 e. The topological polar surface area (TPSA) is 126 Å². The van der Waals surface area contributed by atoms with Crippen LogP contribution in [0.2, 0.25) is 0 Å². The fourth-order valence-electron chi connectivity index (χ4n) is 0.853. The molecule has 0 aromatic heterocycles. The minimum Gasteiger partial charge on any atom is -0.744 e. The van der Waals surface area contributed by atoms with Crippen LogP contribution in [-0.2, 0) is 10.1 Å². The second kappa shape index (κ2) is 4.63. The van der Waals surface area contributed by atoms with Crippen LogP contribution < -0.4 is 24.6 Å². The Morgan fingerprint density at radius 3 is 2.27 bits per heavy atom. The van der Waals surface area contributed by atoms with Crippen LogP contribution in [0.15, 0.2) is 23.1 Å². The number of rotatable bonds is 2. The third-order valence-electron chi connectivity index (χ3n) is 1.48. The summed E-state index contributed by atoms with van der Waals surface area (Å²) in [5.74, 6) is 0. The molecule has 2 N–H and O–H groups in total. The first-order valence-corrected chi connectivity index (χ1v) is 4.73. The maximum atomic E-state index is 10.6. The van der Waals surface area contributed by atoms with Crippen molar-refractivity contribution >= 4 is 21.5 Å². The minimum atomic E-state index is -4.77. The van der Waals surface area contributed by atoms with E-state index in [9.17, 15) is 23.1 Å². The van der Waals surface area contributed by atoms with Crippen molar-refractivity contribution in [3.63, 3.8) is 0 Å². The number of benzene rings is 1. The molecule has 0 aliphatic heterocycles. The molecule has 7 nitrogen and oxygen atoms in total. The van der Waals surface area contributed by atoms with Crippen molar-refractivity contribution < 1.29 is 36.8 Å². The van der Waals surface area contributed by atoms with Crippen molar-refractivity contribution in [2.45, 2.75) is 4.90 Å². The van der Waals surface area contributed by atoms with Gasteiger partial charge >= 0.3 is 18.9 Å². The molecule has 0 aliphatic rings. The summed E-state index contributed by atoms with van der Waals surface area (Å²) in [6, 6.07) is 2.66. The summed E-state index contributed by atoms with van der Waals surface area (Å²) in [7, 11) is -4.77. The first kappa shape index (κ1) is 13.9. The van der Waals surface area contributed by atoms with Gasteiger partial charge in [0.1, 0.15) is 10.1 Å². The summed E-state index contributed by atoms with van der Waals surface area (Å²) >= 11 is 0. The Balaban J connectivity index is 0.00000196. The van der Waals surface area contributed by atoms with E-state index >= 15 is 0 Å². The zero-order valence-electron chi connectivity index (χ0n) is 7.71. The van der Waals surface area contributed by atoms with Gasteiger partial charge in [-0.25, -0.2) is 8.42 Å². The molecule has 9 heteroatoms. The molecule has 0 aliphatic carbocycles. The summed E-state index contributed by atoms with van der Waals surface area (Å²) in [6.07, 6.45) is 0. The number of hydrogen-bond donors (Lipinski definition) is 1. The van der Waals surface area contributed by atoms with Gasteiger partial charge in [-0.3, -0.25) is 10.1 Å². The van der Waals surface area contributed by atoms with Gasteiger partial charge in [-0.2, -0.15) is 0 Å². The van der Waals surface area contributed by atoms with Gasteiger partial charge < -0.3 is 10.3 Å². The second-order valence-corrected chi connectivity index (χ2v) is 3.78. The number of nitrogen functional groups attached to an aromatic ring is 1. The van der Waals surface area contributed by atoms with E-state index in [4.69, 9.17) is 5.73 Å². The number of nitrogens with zero attached hydrogens (tertiary/aromatic N) is 1. The van der Waals surface area contributed by atoms with E-state index in [0.717, 1.165) is 12.1 Å². The number of non-ortho nitro benzene ring substituents is 1. The summed E-state index contributed by atoms with van der Waals surface area (Å²) in [6.45, 7) is 0. The zero-order chi connectivity index (χ0) is 10.9. The van der Waals surface area contributed by atoms with Crippen LogP contribution in [0.5, 0.6) is 0 Å². The predicted octanol–water partition coefficient (Wildman–Crippen LogP) is -2.91. The standard InChI is InChI=1S/C6H6N2O5S.Li/c7-5-2-1-4(8(9)10)3-6(5)14(11,12)13;/h1-3H,7H2,(H,11,12,13);/q;+1/p-1. The van der Waals surface area contributed by atoms with Crippen LogP contribution >= 0.6 is 0 Å². The number of nitro groups is 1. The van der Waals surface area contributed by atoms with Gasteiger partial charge in [-0.1, -0.05) is 0 Å². The molecule has 0 saturated heterocycles. The van der Waals surface area contributed by atoms with Crippen LogP contribution in [0, 0.1) is 10.1 Å². The van der Waals surface area contributed by atoms with Crippen LogP contribution in [0.4, 0.5) is 11.4 Å². The molecule has 1 aromatic rings. The van der Waals surface area contributed by atoms with Gasteiger partial charge in [0.25, 0.3) is 5.69 Å². The molecule has 0 atom stereocenters. The van der Waals surface area contributed by atoms with Gasteiger partial charge in [-0.15, -0.1) is 0 Å². The van der Waals surface area contributed by atoms with E-state index in [-0.39, 0.29) is 24.5 Å². The van der Waals surface area contributed by atoms with Crippen LogP contribution in [0.1, 0.15) is 0 Å². The summed E-state index contributed by atoms with van der Waals surface area (Å²) in [4.78, 5) is 8.68. The van der Waals surface area contributed by atoms with E-state index in [0.29, 0.717) is 6.07 Å². The molecule has 0 saturated carbocycles. The van der Waals surface area contributed by atoms with Gasteiger partial charge in [0, 0.05) is 17.8 Å². The zero-order valence-corrected chi connectivity index (χ0v) is 8.52. The molecule has 0 bridgehead atoms. The molecule has 0 radical (unpaired) electrons. The third-order valence-corrected chi connectivity index (χ3v) is 2.37. The van der Waals surface area contributed by atoms with Gasteiger partial charge in [0.2, 0.25) is 0 Å². The Morgan fingerprint density at radius 2 is 1.87 bits per heavy atom. The molecule has 15 heavy (non-hydrogen) atoms. The average Bonchev–Trinajstić information content (AvgIpc) is 2.02. The van der Waals surface area contributed by atoms with Crippen LogP contribution in [0.3, 0.4) is 0 Å². The third kappa shape index (κ3) is 3.21. The summed E-state index contributed by atoms with van der Waals surface area (Å²) in [5.41, 5.74) is 4.38. The normalized spacial score (nSPS) is 10.5. The Bertz CT molecular complexity index is 486. The molecule has 1 aromatic carbocycles. The first-order valence-electron chi connectivity index (χ1n) is 3.32. The van der Waals surface area contributed by atoms with E-state index in [2.05, 4.69) is 0 Å². The Morgan fingerprint density at radius 1 is 1.33 bits per heavy atom. The monoisotopic (exact) mass is 224 g/mol. The van der Waals surface area contributed by atoms with E-state index in [1.54, 1.807) is 0 Å². The van der Waals surface area contributed by atoms with E-state index in [1.165, 1.54) is 0 Å². The fraction of sp³-hybridized carbons (Fsp3) is 0. The average molecular weight is 224 g/mol. The Hall–Kier alpha value is -1.07. The number of nitrogens with two attached hydrogens (primary N) is 1. The van der Waals surface area contributed by atoms with Crippen molar-refractivity contribution in [2.24, 2.45) is 0 Å².